The number of ether oxygens (including phenoxy) is 1. The van der Waals surface area contributed by atoms with Crippen molar-refractivity contribution in [3.05, 3.63) is 23.9 Å². The molecule has 0 radical (unpaired) electrons. The van der Waals surface area contributed by atoms with Crippen molar-refractivity contribution < 1.29 is 9.84 Å². The first-order valence-corrected chi connectivity index (χ1v) is 6.60. The lowest BCUT2D eigenvalue weighted by atomic mass is 10.1. The first-order valence-electron chi connectivity index (χ1n) is 6.60. The van der Waals surface area contributed by atoms with E-state index in [0.29, 0.717) is 11.9 Å². The third-order valence-corrected chi connectivity index (χ3v) is 3.53. The lowest BCUT2D eigenvalue weighted by molar-refractivity contribution is 0.130. The number of aromatic nitrogens is 1. The van der Waals surface area contributed by atoms with Crippen LogP contribution in [-0.2, 0) is 6.54 Å². The zero-order valence-corrected chi connectivity index (χ0v) is 11.2. The number of pyridine rings is 1. The molecule has 1 saturated heterocycles. The minimum Gasteiger partial charge on any atom is -0.481 e. The van der Waals surface area contributed by atoms with E-state index in [2.05, 4.69) is 16.0 Å². The summed E-state index contributed by atoms with van der Waals surface area (Å²) in [5, 5.41) is 9.53. The molecule has 0 saturated carbocycles. The molecule has 0 bridgehead atoms. The van der Waals surface area contributed by atoms with Crippen LogP contribution in [0.3, 0.4) is 0 Å². The summed E-state index contributed by atoms with van der Waals surface area (Å²) in [5.74, 6) is 0.709. The molecule has 0 aromatic carbocycles. The highest BCUT2D eigenvalue weighted by molar-refractivity contribution is 5.25. The molecule has 0 amide bonds. The van der Waals surface area contributed by atoms with Crippen molar-refractivity contribution in [3.63, 3.8) is 0 Å². The zero-order valence-electron chi connectivity index (χ0n) is 11.2. The predicted molar refractivity (Wildman–Crippen MR) is 70.5 cm³/mol. The molecule has 1 aromatic heterocycles. The first kappa shape index (κ1) is 13.3. The highest BCUT2D eigenvalue weighted by atomic mass is 16.5. The van der Waals surface area contributed by atoms with E-state index >= 15 is 0 Å². The van der Waals surface area contributed by atoms with Gasteiger partial charge < -0.3 is 9.84 Å². The Morgan fingerprint density at radius 2 is 2.44 bits per heavy atom. The Morgan fingerprint density at radius 3 is 3.17 bits per heavy atom. The van der Waals surface area contributed by atoms with Gasteiger partial charge in [-0.15, -0.1) is 0 Å². The second-order valence-electron chi connectivity index (χ2n) is 5.02. The van der Waals surface area contributed by atoms with E-state index < -0.39 is 0 Å². The third-order valence-electron chi connectivity index (χ3n) is 3.53. The number of likely N-dealkylation sites (tertiary alicyclic amines) is 1. The molecule has 1 aliphatic rings. The van der Waals surface area contributed by atoms with Crippen LogP contribution < -0.4 is 4.74 Å². The third kappa shape index (κ3) is 3.21. The summed E-state index contributed by atoms with van der Waals surface area (Å²) in [6.45, 7) is 3.81. The number of methoxy groups -OCH3 is 1. The highest BCUT2D eigenvalue weighted by Gasteiger charge is 2.26. The van der Waals surface area contributed by atoms with Gasteiger partial charge in [0, 0.05) is 24.3 Å². The van der Waals surface area contributed by atoms with Crippen LogP contribution in [0.5, 0.6) is 5.88 Å². The molecule has 18 heavy (non-hydrogen) atoms. The van der Waals surface area contributed by atoms with Crippen molar-refractivity contribution in [2.24, 2.45) is 0 Å². The van der Waals surface area contributed by atoms with Crippen molar-refractivity contribution >= 4 is 0 Å². The van der Waals surface area contributed by atoms with Crippen molar-refractivity contribution in [3.8, 4) is 5.88 Å². The fourth-order valence-corrected chi connectivity index (χ4v) is 2.71. The number of nitrogens with zero attached hydrogens (tertiary/aromatic N) is 2. The van der Waals surface area contributed by atoms with Gasteiger partial charge in [-0.25, -0.2) is 4.98 Å². The Labute approximate surface area is 109 Å². The van der Waals surface area contributed by atoms with Crippen LogP contribution in [0.1, 0.15) is 31.7 Å². The molecular weight excluding hydrogens is 228 g/mol. The van der Waals surface area contributed by atoms with Crippen LogP contribution in [0.25, 0.3) is 0 Å². The van der Waals surface area contributed by atoms with Crippen LogP contribution in [0, 0.1) is 0 Å². The predicted octanol–water partition coefficient (Wildman–Crippen LogP) is 1.83. The smallest absolute Gasteiger partial charge is 0.217 e. The fraction of sp³-hybridized carbons (Fsp3) is 0.643. The van der Waals surface area contributed by atoms with Crippen LogP contribution >= 0.6 is 0 Å². The van der Waals surface area contributed by atoms with Gasteiger partial charge in [-0.2, -0.15) is 0 Å². The Balaban J connectivity index is 2.03. The molecule has 0 spiro atoms. The highest BCUT2D eigenvalue weighted by Crippen LogP contribution is 2.25. The molecule has 2 rings (SSSR count). The molecule has 1 fully saturated rings. The maximum atomic E-state index is 9.53. The van der Waals surface area contributed by atoms with Crippen LogP contribution in [-0.4, -0.2) is 40.8 Å². The van der Waals surface area contributed by atoms with Crippen molar-refractivity contribution in [2.75, 3.05) is 13.7 Å². The summed E-state index contributed by atoms with van der Waals surface area (Å²) >= 11 is 0. The summed E-state index contributed by atoms with van der Waals surface area (Å²) in [5.41, 5.74) is 1.12. The van der Waals surface area contributed by atoms with Crippen LogP contribution in [0.4, 0.5) is 0 Å². The maximum absolute atomic E-state index is 9.53. The van der Waals surface area contributed by atoms with Gasteiger partial charge in [0.2, 0.25) is 5.88 Å². The van der Waals surface area contributed by atoms with Gasteiger partial charge in [0.1, 0.15) is 0 Å². The van der Waals surface area contributed by atoms with Gasteiger partial charge >= 0.3 is 0 Å². The van der Waals surface area contributed by atoms with E-state index in [1.807, 2.05) is 13.0 Å². The minimum absolute atomic E-state index is 0.230. The molecule has 2 atom stereocenters. The van der Waals surface area contributed by atoms with Gasteiger partial charge in [0.05, 0.1) is 13.2 Å². The molecule has 2 heterocycles. The zero-order chi connectivity index (χ0) is 13.0. The number of hydrogen-bond donors (Lipinski definition) is 1. The van der Waals surface area contributed by atoms with Crippen molar-refractivity contribution in [2.45, 2.75) is 44.9 Å². The Hall–Kier alpha value is -1.13. The van der Waals surface area contributed by atoms with E-state index in [-0.39, 0.29) is 6.10 Å². The number of hydrogen-bond acceptors (Lipinski definition) is 4. The van der Waals surface area contributed by atoms with Crippen molar-refractivity contribution in [1.82, 2.24) is 9.88 Å². The normalized spacial score (nSPS) is 22.1. The largest absolute Gasteiger partial charge is 0.481 e. The molecule has 100 valence electrons. The molecule has 4 heteroatoms. The minimum atomic E-state index is -0.230. The first-order chi connectivity index (χ1) is 8.70. The van der Waals surface area contributed by atoms with Crippen molar-refractivity contribution in [1.29, 1.82) is 0 Å². The lowest BCUT2D eigenvalue weighted by Gasteiger charge is -2.25. The average molecular weight is 250 g/mol. The molecule has 1 N–H and O–H groups in total. The summed E-state index contributed by atoms with van der Waals surface area (Å²) in [6.07, 6.45) is 4.75. The second-order valence-corrected chi connectivity index (χ2v) is 5.02. The summed E-state index contributed by atoms with van der Waals surface area (Å²) in [6, 6.07) is 4.48. The van der Waals surface area contributed by atoms with Gasteiger partial charge in [0.25, 0.3) is 0 Å². The van der Waals surface area contributed by atoms with E-state index in [9.17, 15) is 5.11 Å². The molecule has 1 aromatic rings. The van der Waals surface area contributed by atoms with Crippen LogP contribution in [0.2, 0.25) is 0 Å². The Kier molecular flexibility index (Phi) is 4.55. The molecule has 2 unspecified atom stereocenters. The standard InChI is InChI=1S/C14H22N2O2/c1-11(17)9-13-6-4-8-16(13)10-12-5-3-7-15-14(12)18-2/h3,5,7,11,13,17H,4,6,8-10H2,1-2H3. The number of aliphatic hydroxyl groups excluding tert-OH is 1. The average Bonchev–Trinajstić information content (AvgIpc) is 2.76. The van der Waals surface area contributed by atoms with E-state index in [4.69, 9.17) is 4.74 Å². The monoisotopic (exact) mass is 250 g/mol. The Bertz CT molecular complexity index is 382. The number of rotatable bonds is 5. The van der Waals surface area contributed by atoms with E-state index in [1.54, 1.807) is 13.3 Å². The maximum Gasteiger partial charge on any atom is 0.217 e. The second kappa shape index (κ2) is 6.16. The Morgan fingerprint density at radius 1 is 1.61 bits per heavy atom. The quantitative estimate of drug-likeness (QED) is 0.866. The molecular formula is C14H22N2O2. The topological polar surface area (TPSA) is 45.6 Å². The molecule has 0 aliphatic carbocycles. The summed E-state index contributed by atoms with van der Waals surface area (Å²) in [7, 11) is 1.66. The van der Waals surface area contributed by atoms with Gasteiger partial charge in [0.15, 0.2) is 0 Å². The van der Waals surface area contributed by atoms with E-state index in [1.165, 1.54) is 12.8 Å². The van der Waals surface area contributed by atoms with Gasteiger partial charge in [-0.1, -0.05) is 6.07 Å². The van der Waals surface area contributed by atoms with E-state index in [0.717, 1.165) is 25.1 Å². The van der Waals surface area contributed by atoms with Gasteiger partial charge in [-0.3, -0.25) is 4.90 Å². The molecule has 4 nitrogen and oxygen atoms in total. The summed E-state index contributed by atoms with van der Waals surface area (Å²) in [4.78, 5) is 6.65. The lowest BCUT2D eigenvalue weighted by Crippen LogP contribution is -2.31. The fourth-order valence-electron chi connectivity index (χ4n) is 2.71. The van der Waals surface area contributed by atoms with Gasteiger partial charge in [-0.05, 0) is 38.8 Å². The SMILES string of the molecule is COc1ncccc1CN1CCCC1CC(C)O. The molecule has 1 aliphatic heterocycles. The van der Waals surface area contributed by atoms with Crippen LogP contribution in [0.15, 0.2) is 18.3 Å². The number of aliphatic hydroxyl groups is 1. The summed E-state index contributed by atoms with van der Waals surface area (Å²) < 4.78 is 5.28.